The van der Waals surface area contributed by atoms with E-state index in [1.807, 2.05) is 0 Å². The van der Waals surface area contributed by atoms with Crippen LogP contribution in [0.4, 0.5) is 13.6 Å². The topological polar surface area (TPSA) is 79.0 Å². The van der Waals surface area contributed by atoms with E-state index >= 15 is 0 Å². The lowest BCUT2D eigenvalue weighted by Gasteiger charge is -2.24. The van der Waals surface area contributed by atoms with E-state index in [9.17, 15) is 23.2 Å². The summed E-state index contributed by atoms with van der Waals surface area (Å²) in [5.74, 6) is -0.856. The Labute approximate surface area is 161 Å². The number of urea groups is 1. The number of hydrogen-bond donors (Lipinski definition) is 1. The summed E-state index contributed by atoms with van der Waals surface area (Å²) in [5.41, 5.74) is -0.961. The maximum Gasteiger partial charge on any atom is 0.387 e. The van der Waals surface area contributed by atoms with Gasteiger partial charge in [0.1, 0.15) is 17.8 Å². The zero-order valence-corrected chi connectivity index (χ0v) is 15.6. The number of carbonyl (C=O) groups is 3. The second kappa shape index (κ2) is 8.12. The summed E-state index contributed by atoms with van der Waals surface area (Å²) in [6, 6.07) is 4.84. The van der Waals surface area contributed by atoms with Gasteiger partial charge in [0, 0.05) is 13.1 Å². The van der Waals surface area contributed by atoms with Gasteiger partial charge < -0.3 is 15.0 Å². The van der Waals surface area contributed by atoms with Crippen molar-refractivity contribution in [2.24, 2.45) is 0 Å². The van der Waals surface area contributed by atoms with E-state index in [2.05, 4.69) is 10.1 Å². The first kappa shape index (κ1) is 20.0. The summed E-state index contributed by atoms with van der Waals surface area (Å²) < 4.78 is 28.9. The van der Waals surface area contributed by atoms with Crippen molar-refractivity contribution in [1.29, 1.82) is 0 Å². The van der Waals surface area contributed by atoms with E-state index in [0.717, 1.165) is 30.6 Å². The Morgan fingerprint density at radius 3 is 2.32 bits per heavy atom. The van der Waals surface area contributed by atoms with Crippen LogP contribution in [0.2, 0.25) is 0 Å². The Morgan fingerprint density at radius 1 is 1.14 bits per heavy atom. The van der Waals surface area contributed by atoms with Gasteiger partial charge in [-0.2, -0.15) is 8.78 Å². The van der Waals surface area contributed by atoms with Gasteiger partial charge in [0.15, 0.2) is 0 Å². The molecule has 2 aliphatic rings. The minimum atomic E-state index is -2.95. The predicted molar refractivity (Wildman–Crippen MR) is 95.7 cm³/mol. The number of likely N-dealkylation sites (tertiary alicyclic amines) is 1. The molecule has 4 amide bonds. The molecule has 2 fully saturated rings. The van der Waals surface area contributed by atoms with Crippen molar-refractivity contribution in [1.82, 2.24) is 15.1 Å². The predicted octanol–water partition coefficient (Wildman–Crippen LogP) is 2.46. The molecule has 28 heavy (non-hydrogen) atoms. The molecule has 0 bridgehead atoms. The molecule has 1 atom stereocenters. The van der Waals surface area contributed by atoms with Crippen LogP contribution in [0.15, 0.2) is 24.3 Å². The lowest BCUT2D eigenvalue weighted by atomic mass is 9.92. The third-order valence-electron chi connectivity index (χ3n) is 5.18. The fourth-order valence-corrected chi connectivity index (χ4v) is 3.56. The van der Waals surface area contributed by atoms with E-state index < -0.39 is 24.1 Å². The molecule has 3 rings (SSSR count). The molecule has 9 heteroatoms. The minimum absolute atomic E-state index is 0.0488. The Kier molecular flexibility index (Phi) is 5.81. The quantitative estimate of drug-likeness (QED) is 0.777. The Balaban J connectivity index is 1.72. The minimum Gasteiger partial charge on any atom is -0.435 e. The van der Waals surface area contributed by atoms with E-state index in [1.165, 1.54) is 31.2 Å². The number of amides is 4. The van der Waals surface area contributed by atoms with Crippen molar-refractivity contribution in [3.05, 3.63) is 29.8 Å². The Bertz CT molecular complexity index is 748. The van der Waals surface area contributed by atoms with Crippen LogP contribution in [0, 0.1) is 0 Å². The number of nitrogens with one attached hydrogen (secondary N) is 1. The zero-order valence-electron chi connectivity index (χ0n) is 15.6. The van der Waals surface area contributed by atoms with Crippen molar-refractivity contribution in [2.45, 2.75) is 44.8 Å². The molecule has 152 valence electrons. The third kappa shape index (κ3) is 4.07. The molecule has 0 aliphatic carbocycles. The van der Waals surface area contributed by atoms with Crippen LogP contribution in [0.3, 0.4) is 0 Å². The fourth-order valence-electron chi connectivity index (χ4n) is 3.56. The highest BCUT2D eigenvalue weighted by molar-refractivity contribution is 6.09. The summed E-state index contributed by atoms with van der Waals surface area (Å²) in [4.78, 5) is 40.4. The highest BCUT2D eigenvalue weighted by Crippen LogP contribution is 2.30. The Morgan fingerprint density at radius 2 is 1.75 bits per heavy atom. The number of rotatable bonds is 5. The van der Waals surface area contributed by atoms with Gasteiger partial charge in [0.25, 0.3) is 5.91 Å². The largest absolute Gasteiger partial charge is 0.435 e. The van der Waals surface area contributed by atoms with Gasteiger partial charge in [-0.1, -0.05) is 25.0 Å². The second-order valence-electron chi connectivity index (χ2n) is 7.14. The summed E-state index contributed by atoms with van der Waals surface area (Å²) >= 11 is 0. The van der Waals surface area contributed by atoms with Crippen LogP contribution < -0.4 is 10.1 Å². The Hall–Kier alpha value is -2.71. The van der Waals surface area contributed by atoms with Gasteiger partial charge in [-0.3, -0.25) is 14.5 Å². The van der Waals surface area contributed by atoms with Gasteiger partial charge in [-0.15, -0.1) is 0 Å². The highest BCUT2D eigenvalue weighted by Gasteiger charge is 2.49. The van der Waals surface area contributed by atoms with Crippen LogP contribution in [0.1, 0.15) is 38.2 Å². The van der Waals surface area contributed by atoms with Crippen LogP contribution in [-0.4, -0.2) is 53.9 Å². The number of alkyl halides is 2. The molecule has 2 saturated heterocycles. The van der Waals surface area contributed by atoms with Crippen molar-refractivity contribution >= 4 is 17.8 Å². The third-order valence-corrected chi connectivity index (χ3v) is 5.18. The normalized spacial score (nSPS) is 23.0. The number of nitrogens with zero attached hydrogens (tertiary/aromatic N) is 2. The molecule has 7 nitrogen and oxygen atoms in total. The number of hydrogen-bond acceptors (Lipinski definition) is 4. The fraction of sp³-hybridized carbons (Fsp3) is 0.526. The van der Waals surface area contributed by atoms with Crippen molar-refractivity contribution < 1.29 is 27.9 Å². The molecule has 1 N–H and O–H groups in total. The van der Waals surface area contributed by atoms with Crippen molar-refractivity contribution in [3.8, 4) is 5.75 Å². The smallest absolute Gasteiger partial charge is 0.387 e. The standard InChI is InChI=1S/C19H23F2N3O4/c1-19(13-6-8-14(9-7-13)28-17(20)21)16(26)24(18(27)22-19)12-15(25)23-10-4-2-3-5-11-23/h6-9,17H,2-5,10-12H2,1H3,(H,22,27)/t19-/m1/s1. The van der Waals surface area contributed by atoms with Crippen molar-refractivity contribution in [2.75, 3.05) is 19.6 Å². The number of ether oxygens (including phenoxy) is 1. The van der Waals surface area contributed by atoms with E-state index in [4.69, 9.17) is 0 Å². The van der Waals surface area contributed by atoms with Gasteiger partial charge in [0.2, 0.25) is 5.91 Å². The SMILES string of the molecule is C[C@]1(c2ccc(OC(F)F)cc2)NC(=O)N(CC(=O)N2CCCCCC2)C1=O. The molecule has 1 aromatic carbocycles. The van der Waals surface area contributed by atoms with Crippen LogP contribution in [-0.2, 0) is 15.1 Å². The molecule has 0 spiro atoms. The van der Waals surface area contributed by atoms with E-state index in [1.54, 1.807) is 4.90 Å². The first-order valence-corrected chi connectivity index (χ1v) is 9.28. The van der Waals surface area contributed by atoms with Crippen LogP contribution in [0.25, 0.3) is 0 Å². The van der Waals surface area contributed by atoms with Crippen LogP contribution >= 0.6 is 0 Å². The lowest BCUT2D eigenvalue weighted by Crippen LogP contribution is -2.44. The van der Waals surface area contributed by atoms with Crippen LogP contribution in [0.5, 0.6) is 5.75 Å². The van der Waals surface area contributed by atoms with Gasteiger partial charge in [-0.25, -0.2) is 4.79 Å². The zero-order chi connectivity index (χ0) is 20.3. The summed E-state index contributed by atoms with van der Waals surface area (Å²) in [6.07, 6.45) is 3.96. The van der Waals surface area contributed by atoms with Gasteiger partial charge in [0.05, 0.1) is 0 Å². The van der Waals surface area contributed by atoms with E-state index in [-0.39, 0.29) is 18.2 Å². The molecular formula is C19H23F2N3O4. The summed E-state index contributed by atoms with van der Waals surface area (Å²) in [7, 11) is 0. The van der Waals surface area contributed by atoms with Crippen molar-refractivity contribution in [3.63, 3.8) is 0 Å². The molecule has 2 heterocycles. The molecule has 0 radical (unpaired) electrons. The molecule has 0 saturated carbocycles. The molecular weight excluding hydrogens is 372 g/mol. The monoisotopic (exact) mass is 395 g/mol. The van der Waals surface area contributed by atoms with Gasteiger partial charge in [-0.05, 0) is 37.5 Å². The molecule has 2 aliphatic heterocycles. The lowest BCUT2D eigenvalue weighted by molar-refractivity contribution is -0.138. The summed E-state index contributed by atoms with van der Waals surface area (Å²) in [5, 5.41) is 2.61. The molecule has 0 unspecified atom stereocenters. The maximum atomic E-state index is 12.9. The number of imide groups is 1. The molecule has 0 aromatic heterocycles. The summed E-state index contributed by atoms with van der Waals surface area (Å²) in [6.45, 7) is -0.481. The number of halogens is 2. The second-order valence-corrected chi connectivity index (χ2v) is 7.14. The average Bonchev–Trinajstić information content (AvgIpc) is 2.86. The van der Waals surface area contributed by atoms with Gasteiger partial charge >= 0.3 is 12.6 Å². The first-order valence-electron chi connectivity index (χ1n) is 9.28. The average molecular weight is 395 g/mol. The highest BCUT2D eigenvalue weighted by atomic mass is 19.3. The molecule has 1 aromatic rings. The van der Waals surface area contributed by atoms with E-state index in [0.29, 0.717) is 18.7 Å². The maximum absolute atomic E-state index is 12.9. The number of carbonyl (C=O) groups excluding carboxylic acids is 3. The first-order chi connectivity index (χ1) is 13.3. The number of benzene rings is 1.